The molecule has 1 aliphatic rings. The molecule has 156 valence electrons. The highest BCUT2D eigenvalue weighted by Gasteiger charge is 2.22. The maximum Gasteiger partial charge on any atom is 0.230 e. The molecule has 0 aliphatic carbocycles. The summed E-state index contributed by atoms with van der Waals surface area (Å²) in [5.41, 5.74) is 0.941. The first-order valence-corrected chi connectivity index (χ1v) is 10.4. The first-order valence-electron chi connectivity index (χ1n) is 10.4. The minimum atomic E-state index is 0.453. The second-order valence-electron chi connectivity index (χ2n) is 7.46. The third-order valence-corrected chi connectivity index (χ3v) is 5.35. The Kier molecular flexibility index (Phi) is 6.39. The molecule has 0 atom stereocenters. The van der Waals surface area contributed by atoms with E-state index in [1.54, 1.807) is 6.33 Å². The van der Waals surface area contributed by atoms with Crippen LogP contribution in [-0.2, 0) is 6.54 Å². The third kappa shape index (κ3) is 4.68. The maximum atomic E-state index is 5.91. The minimum absolute atomic E-state index is 0.453. The Hall–Kier alpha value is -3.19. The highest BCUT2D eigenvalue weighted by molar-refractivity contribution is 5.77. The Morgan fingerprint density at radius 1 is 1.13 bits per heavy atom. The van der Waals surface area contributed by atoms with E-state index >= 15 is 0 Å². The van der Waals surface area contributed by atoms with Gasteiger partial charge in [-0.1, -0.05) is 30.4 Å². The van der Waals surface area contributed by atoms with Gasteiger partial charge in [-0.25, -0.2) is 9.97 Å². The van der Waals surface area contributed by atoms with Crippen LogP contribution in [0.1, 0.15) is 18.6 Å². The van der Waals surface area contributed by atoms with Gasteiger partial charge >= 0.3 is 0 Å². The monoisotopic (exact) mass is 404 g/mol. The Morgan fingerprint density at radius 2 is 1.90 bits per heavy atom. The number of rotatable bonds is 9. The Balaban J connectivity index is 1.32. The van der Waals surface area contributed by atoms with Crippen molar-refractivity contribution in [1.29, 1.82) is 0 Å². The number of fused-ring (bicyclic) bond motifs is 1. The van der Waals surface area contributed by atoms with Crippen molar-refractivity contribution in [2.75, 3.05) is 36.0 Å². The number of hydrogen-bond acceptors (Lipinski definition) is 7. The van der Waals surface area contributed by atoms with Gasteiger partial charge in [0.05, 0.1) is 6.54 Å². The van der Waals surface area contributed by atoms with Crippen molar-refractivity contribution in [2.24, 2.45) is 0 Å². The summed E-state index contributed by atoms with van der Waals surface area (Å²) < 4.78 is 5.91. The molecule has 3 heterocycles. The number of furan rings is 1. The number of nitrogens with zero attached hydrogens (tertiary/aromatic N) is 5. The number of anilines is 2. The SMILES string of the molecule is C=CCN(CC=C)c1ncnc(N2CCC(NCc3cc4ccccc4o3)CC2)n1. The quantitative estimate of drug-likeness (QED) is 0.547. The lowest BCUT2D eigenvalue weighted by Crippen LogP contribution is -2.43. The van der Waals surface area contributed by atoms with Crippen LogP contribution in [0.15, 0.2) is 66.4 Å². The summed E-state index contributed by atoms with van der Waals surface area (Å²) >= 11 is 0. The lowest BCUT2D eigenvalue weighted by atomic mass is 10.1. The summed E-state index contributed by atoms with van der Waals surface area (Å²) in [6, 6.07) is 10.7. The average Bonchev–Trinajstić information content (AvgIpc) is 3.21. The van der Waals surface area contributed by atoms with Gasteiger partial charge in [-0.3, -0.25) is 0 Å². The molecule has 1 saturated heterocycles. The fourth-order valence-corrected chi connectivity index (χ4v) is 3.79. The van der Waals surface area contributed by atoms with Gasteiger partial charge in [-0.2, -0.15) is 4.98 Å². The van der Waals surface area contributed by atoms with Crippen LogP contribution in [0.4, 0.5) is 11.9 Å². The van der Waals surface area contributed by atoms with Crippen molar-refractivity contribution in [3.63, 3.8) is 0 Å². The molecule has 2 aromatic heterocycles. The van der Waals surface area contributed by atoms with Crippen LogP contribution in [-0.4, -0.2) is 47.2 Å². The third-order valence-electron chi connectivity index (χ3n) is 5.35. The molecule has 1 fully saturated rings. The maximum absolute atomic E-state index is 5.91. The van der Waals surface area contributed by atoms with Crippen LogP contribution in [0, 0.1) is 0 Å². The van der Waals surface area contributed by atoms with E-state index in [0.717, 1.165) is 55.2 Å². The number of piperidine rings is 1. The van der Waals surface area contributed by atoms with E-state index in [1.165, 1.54) is 0 Å². The largest absolute Gasteiger partial charge is 0.460 e. The van der Waals surface area contributed by atoms with Crippen LogP contribution in [0.25, 0.3) is 11.0 Å². The van der Waals surface area contributed by atoms with Crippen LogP contribution in [0.2, 0.25) is 0 Å². The first-order chi connectivity index (χ1) is 14.8. The zero-order valence-corrected chi connectivity index (χ0v) is 17.2. The van der Waals surface area contributed by atoms with Gasteiger partial charge < -0.3 is 19.5 Å². The van der Waals surface area contributed by atoms with Crippen LogP contribution in [0.5, 0.6) is 0 Å². The van der Waals surface area contributed by atoms with Gasteiger partial charge in [-0.05, 0) is 25.0 Å². The van der Waals surface area contributed by atoms with Crippen molar-refractivity contribution in [3.05, 3.63) is 67.7 Å². The Morgan fingerprint density at radius 3 is 2.63 bits per heavy atom. The number of aromatic nitrogens is 3. The second-order valence-corrected chi connectivity index (χ2v) is 7.46. The molecule has 0 radical (unpaired) electrons. The summed E-state index contributed by atoms with van der Waals surface area (Å²) in [5.74, 6) is 2.36. The second kappa shape index (κ2) is 9.54. The molecule has 30 heavy (non-hydrogen) atoms. The smallest absolute Gasteiger partial charge is 0.230 e. The molecule has 0 bridgehead atoms. The standard InChI is InChI=1S/C23H28N6O/c1-3-11-28(12-4-2)22-25-17-26-23(27-22)29-13-9-19(10-14-29)24-16-20-15-18-7-5-6-8-21(18)30-20/h3-8,15,17,19,24H,1-2,9-14,16H2. The van der Waals surface area contributed by atoms with Crippen molar-refractivity contribution in [3.8, 4) is 0 Å². The fraction of sp³-hybridized carbons (Fsp3) is 0.348. The van der Waals surface area contributed by atoms with E-state index < -0.39 is 0 Å². The van der Waals surface area contributed by atoms with Gasteiger partial charge in [0.1, 0.15) is 17.7 Å². The average molecular weight is 405 g/mol. The molecule has 1 N–H and O–H groups in total. The number of para-hydroxylation sites is 1. The van der Waals surface area contributed by atoms with Crippen molar-refractivity contribution in [1.82, 2.24) is 20.3 Å². The van der Waals surface area contributed by atoms with Crippen molar-refractivity contribution in [2.45, 2.75) is 25.4 Å². The van der Waals surface area contributed by atoms with E-state index in [1.807, 2.05) is 35.3 Å². The summed E-state index contributed by atoms with van der Waals surface area (Å²) in [5, 5.41) is 4.78. The zero-order valence-electron chi connectivity index (χ0n) is 17.2. The topological polar surface area (TPSA) is 70.3 Å². The van der Waals surface area contributed by atoms with E-state index in [9.17, 15) is 0 Å². The molecule has 0 unspecified atom stereocenters. The van der Waals surface area contributed by atoms with E-state index in [2.05, 4.69) is 50.5 Å². The number of benzene rings is 1. The highest BCUT2D eigenvalue weighted by atomic mass is 16.3. The molecule has 1 aromatic carbocycles. The van der Waals surface area contributed by atoms with Gasteiger partial charge in [0, 0.05) is 37.6 Å². The predicted octanol–water partition coefficient (Wildman–Crippen LogP) is 3.55. The molecular weight excluding hydrogens is 376 g/mol. The van der Waals surface area contributed by atoms with Crippen LogP contribution >= 0.6 is 0 Å². The minimum Gasteiger partial charge on any atom is -0.460 e. The van der Waals surface area contributed by atoms with Crippen molar-refractivity contribution < 1.29 is 4.42 Å². The number of hydrogen-bond donors (Lipinski definition) is 1. The van der Waals surface area contributed by atoms with Gasteiger partial charge in [0.25, 0.3) is 0 Å². The molecule has 0 saturated carbocycles. The van der Waals surface area contributed by atoms with E-state index in [0.29, 0.717) is 25.1 Å². The molecule has 4 rings (SSSR count). The molecule has 0 spiro atoms. The normalized spacial score (nSPS) is 14.7. The zero-order chi connectivity index (χ0) is 20.8. The summed E-state index contributed by atoms with van der Waals surface area (Å²) in [6.45, 7) is 11.5. The molecule has 7 nitrogen and oxygen atoms in total. The lowest BCUT2D eigenvalue weighted by molar-refractivity contribution is 0.392. The molecular formula is C23H28N6O. The summed E-state index contributed by atoms with van der Waals surface area (Å²) in [4.78, 5) is 17.6. The Bertz CT molecular complexity index is 949. The molecule has 7 heteroatoms. The van der Waals surface area contributed by atoms with E-state index in [-0.39, 0.29) is 0 Å². The van der Waals surface area contributed by atoms with E-state index in [4.69, 9.17) is 4.42 Å². The van der Waals surface area contributed by atoms with Crippen LogP contribution < -0.4 is 15.1 Å². The molecule has 3 aromatic rings. The Labute approximate surface area is 177 Å². The fourth-order valence-electron chi connectivity index (χ4n) is 3.79. The molecule has 0 amide bonds. The summed E-state index contributed by atoms with van der Waals surface area (Å²) in [7, 11) is 0. The lowest BCUT2D eigenvalue weighted by Gasteiger charge is -2.32. The van der Waals surface area contributed by atoms with Gasteiger partial charge in [0.15, 0.2) is 0 Å². The van der Waals surface area contributed by atoms with Crippen molar-refractivity contribution >= 4 is 22.9 Å². The number of nitrogens with one attached hydrogen (secondary N) is 1. The van der Waals surface area contributed by atoms with Gasteiger partial charge in [-0.15, -0.1) is 13.2 Å². The van der Waals surface area contributed by atoms with Gasteiger partial charge in [0.2, 0.25) is 11.9 Å². The van der Waals surface area contributed by atoms with Crippen LogP contribution in [0.3, 0.4) is 0 Å². The predicted molar refractivity (Wildman–Crippen MR) is 121 cm³/mol. The highest BCUT2D eigenvalue weighted by Crippen LogP contribution is 2.21. The first kappa shape index (κ1) is 20.1. The molecule has 1 aliphatic heterocycles. The summed E-state index contributed by atoms with van der Waals surface area (Å²) in [6.07, 6.45) is 7.33.